The molecule has 0 spiro atoms. The fraction of sp³-hybridized carbons (Fsp3) is 0.529. The molecule has 1 aromatic rings. The molecule has 120 valence electrons. The highest BCUT2D eigenvalue weighted by Crippen LogP contribution is 2.17. The zero-order chi connectivity index (χ0) is 15.8. The highest BCUT2D eigenvalue weighted by molar-refractivity contribution is 5.85. The Hall–Kier alpha value is -2.04. The van der Waals surface area contributed by atoms with Crippen LogP contribution in [0, 0.1) is 0 Å². The summed E-state index contributed by atoms with van der Waals surface area (Å²) in [5.41, 5.74) is 0.914. The van der Waals surface area contributed by atoms with E-state index in [1.807, 2.05) is 30.3 Å². The first-order valence-electron chi connectivity index (χ1n) is 7.93. The molecule has 1 aliphatic rings. The van der Waals surface area contributed by atoms with Gasteiger partial charge in [-0.05, 0) is 25.3 Å². The number of benzene rings is 1. The number of nitrogens with one attached hydrogen (secondary N) is 2. The van der Waals surface area contributed by atoms with E-state index in [0.29, 0.717) is 0 Å². The highest BCUT2D eigenvalue weighted by atomic mass is 16.5. The van der Waals surface area contributed by atoms with Crippen molar-refractivity contribution in [1.29, 1.82) is 0 Å². The van der Waals surface area contributed by atoms with E-state index in [1.165, 1.54) is 6.42 Å². The Morgan fingerprint density at radius 2 is 1.86 bits per heavy atom. The average Bonchev–Trinajstić information content (AvgIpc) is 2.55. The van der Waals surface area contributed by atoms with Crippen LogP contribution in [0.2, 0.25) is 0 Å². The van der Waals surface area contributed by atoms with Gasteiger partial charge in [0.25, 0.3) is 0 Å². The van der Waals surface area contributed by atoms with Gasteiger partial charge in [-0.2, -0.15) is 0 Å². The van der Waals surface area contributed by atoms with Gasteiger partial charge in [0.1, 0.15) is 12.6 Å². The van der Waals surface area contributed by atoms with E-state index in [1.54, 1.807) is 6.92 Å². The third-order valence-corrected chi connectivity index (χ3v) is 3.89. The second-order valence-electron chi connectivity index (χ2n) is 5.77. The van der Waals surface area contributed by atoms with E-state index in [9.17, 15) is 9.59 Å². The first kappa shape index (κ1) is 16.3. The molecule has 0 bridgehead atoms. The van der Waals surface area contributed by atoms with Gasteiger partial charge < -0.3 is 15.4 Å². The molecule has 1 atom stereocenters. The molecule has 1 fully saturated rings. The van der Waals surface area contributed by atoms with E-state index in [-0.39, 0.29) is 18.6 Å². The Morgan fingerprint density at radius 3 is 2.55 bits per heavy atom. The van der Waals surface area contributed by atoms with E-state index in [2.05, 4.69) is 10.6 Å². The lowest BCUT2D eigenvalue weighted by Gasteiger charge is -2.24. The average molecular weight is 304 g/mol. The van der Waals surface area contributed by atoms with E-state index in [0.717, 1.165) is 31.2 Å². The van der Waals surface area contributed by atoms with Crippen LogP contribution >= 0.6 is 0 Å². The van der Waals surface area contributed by atoms with Gasteiger partial charge in [0, 0.05) is 6.04 Å². The molecule has 2 rings (SSSR count). The molecule has 22 heavy (non-hydrogen) atoms. The lowest BCUT2D eigenvalue weighted by Crippen LogP contribution is -2.48. The van der Waals surface area contributed by atoms with Crippen molar-refractivity contribution in [2.24, 2.45) is 0 Å². The van der Waals surface area contributed by atoms with Crippen LogP contribution in [-0.4, -0.2) is 24.1 Å². The first-order valence-corrected chi connectivity index (χ1v) is 7.93. The fourth-order valence-corrected chi connectivity index (χ4v) is 2.58. The lowest BCUT2D eigenvalue weighted by molar-refractivity contribution is -0.123. The Labute approximate surface area is 131 Å². The number of rotatable bonds is 5. The minimum atomic E-state index is -0.592. The summed E-state index contributed by atoms with van der Waals surface area (Å²) in [6.07, 6.45) is 5.03. The molecule has 0 aromatic heterocycles. The van der Waals surface area contributed by atoms with Crippen LogP contribution in [0.3, 0.4) is 0 Å². The van der Waals surface area contributed by atoms with Crippen LogP contribution in [0.4, 0.5) is 4.79 Å². The largest absolute Gasteiger partial charge is 0.445 e. The smallest absolute Gasteiger partial charge is 0.408 e. The SMILES string of the molecule is C[C@@H](NC(=O)OCc1ccccc1)C(=O)NC1CCCCC1. The third kappa shape index (κ3) is 5.39. The van der Waals surface area contributed by atoms with Gasteiger partial charge in [-0.1, -0.05) is 49.6 Å². The summed E-state index contributed by atoms with van der Waals surface area (Å²) in [7, 11) is 0. The molecule has 5 heteroatoms. The molecule has 0 unspecified atom stereocenters. The molecule has 0 heterocycles. The fourth-order valence-electron chi connectivity index (χ4n) is 2.58. The Bertz CT molecular complexity index is 484. The van der Waals surface area contributed by atoms with Crippen LogP contribution in [-0.2, 0) is 16.1 Å². The van der Waals surface area contributed by atoms with Gasteiger partial charge in [0.2, 0.25) is 5.91 Å². The zero-order valence-corrected chi connectivity index (χ0v) is 13.0. The zero-order valence-electron chi connectivity index (χ0n) is 13.0. The standard InChI is InChI=1S/C17H24N2O3/c1-13(16(20)19-15-10-6-3-7-11-15)18-17(21)22-12-14-8-4-2-5-9-14/h2,4-5,8-9,13,15H,3,6-7,10-12H2,1H3,(H,18,21)(H,19,20)/t13-/m1/s1. The molecule has 1 aliphatic carbocycles. The Morgan fingerprint density at radius 1 is 1.18 bits per heavy atom. The number of carbonyl (C=O) groups excluding carboxylic acids is 2. The molecule has 0 aliphatic heterocycles. The molecule has 2 amide bonds. The predicted octanol–water partition coefficient (Wildman–Crippen LogP) is 2.75. The summed E-state index contributed by atoms with van der Waals surface area (Å²) in [6, 6.07) is 9.09. The number of carbonyl (C=O) groups is 2. The quantitative estimate of drug-likeness (QED) is 0.879. The molecular formula is C17H24N2O3. The van der Waals surface area contributed by atoms with Crippen LogP contribution in [0.25, 0.3) is 0 Å². The van der Waals surface area contributed by atoms with Crippen molar-refractivity contribution in [3.63, 3.8) is 0 Å². The van der Waals surface area contributed by atoms with Crippen LogP contribution in [0.5, 0.6) is 0 Å². The second-order valence-corrected chi connectivity index (χ2v) is 5.77. The number of hydrogen-bond acceptors (Lipinski definition) is 3. The lowest BCUT2D eigenvalue weighted by atomic mass is 9.95. The van der Waals surface area contributed by atoms with E-state index in [4.69, 9.17) is 4.74 Å². The number of alkyl carbamates (subject to hydrolysis) is 1. The van der Waals surface area contributed by atoms with Crippen LogP contribution in [0.1, 0.15) is 44.6 Å². The van der Waals surface area contributed by atoms with Gasteiger partial charge >= 0.3 is 6.09 Å². The van der Waals surface area contributed by atoms with Gasteiger partial charge in [-0.3, -0.25) is 4.79 Å². The Kier molecular flexibility index (Phi) is 6.25. The molecule has 2 N–H and O–H groups in total. The molecular weight excluding hydrogens is 280 g/mol. The summed E-state index contributed by atoms with van der Waals surface area (Å²) >= 11 is 0. The second kappa shape index (κ2) is 8.41. The molecule has 0 saturated heterocycles. The van der Waals surface area contributed by atoms with Crippen molar-refractivity contribution in [2.45, 2.75) is 57.7 Å². The van der Waals surface area contributed by atoms with E-state index >= 15 is 0 Å². The predicted molar refractivity (Wildman–Crippen MR) is 84.2 cm³/mol. The van der Waals surface area contributed by atoms with Gasteiger partial charge in [0.05, 0.1) is 0 Å². The Balaban J connectivity index is 1.69. The maximum absolute atomic E-state index is 12.0. The molecule has 0 radical (unpaired) electrons. The summed E-state index contributed by atoms with van der Waals surface area (Å²) in [6.45, 7) is 1.87. The van der Waals surface area contributed by atoms with Crippen molar-refractivity contribution in [3.05, 3.63) is 35.9 Å². The van der Waals surface area contributed by atoms with Gasteiger partial charge in [-0.25, -0.2) is 4.79 Å². The van der Waals surface area contributed by atoms with Crippen molar-refractivity contribution in [1.82, 2.24) is 10.6 Å². The number of amides is 2. The minimum Gasteiger partial charge on any atom is -0.445 e. The maximum atomic E-state index is 12.0. The van der Waals surface area contributed by atoms with Crippen molar-refractivity contribution in [2.75, 3.05) is 0 Å². The maximum Gasteiger partial charge on any atom is 0.408 e. The van der Waals surface area contributed by atoms with Crippen LogP contribution in [0.15, 0.2) is 30.3 Å². The summed E-state index contributed by atoms with van der Waals surface area (Å²) in [5, 5.41) is 5.55. The monoisotopic (exact) mass is 304 g/mol. The van der Waals surface area contributed by atoms with Gasteiger partial charge in [-0.15, -0.1) is 0 Å². The molecule has 1 aromatic carbocycles. The topological polar surface area (TPSA) is 67.4 Å². The van der Waals surface area contributed by atoms with Crippen molar-refractivity contribution < 1.29 is 14.3 Å². The number of hydrogen-bond donors (Lipinski definition) is 2. The first-order chi connectivity index (χ1) is 10.6. The number of ether oxygens (including phenoxy) is 1. The van der Waals surface area contributed by atoms with Crippen molar-refractivity contribution in [3.8, 4) is 0 Å². The minimum absolute atomic E-state index is 0.149. The molecule has 5 nitrogen and oxygen atoms in total. The summed E-state index contributed by atoms with van der Waals surface area (Å²) in [5.74, 6) is -0.149. The van der Waals surface area contributed by atoms with E-state index < -0.39 is 12.1 Å². The third-order valence-electron chi connectivity index (χ3n) is 3.89. The summed E-state index contributed by atoms with van der Waals surface area (Å²) in [4.78, 5) is 23.7. The normalized spacial score (nSPS) is 16.6. The molecule has 1 saturated carbocycles. The van der Waals surface area contributed by atoms with Crippen molar-refractivity contribution >= 4 is 12.0 Å². The summed E-state index contributed by atoms with van der Waals surface area (Å²) < 4.78 is 5.11. The van der Waals surface area contributed by atoms with Crippen LogP contribution < -0.4 is 10.6 Å². The highest BCUT2D eigenvalue weighted by Gasteiger charge is 2.21. The van der Waals surface area contributed by atoms with Gasteiger partial charge in [0.15, 0.2) is 0 Å².